The third-order valence-corrected chi connectivity index (χ3v) is 4.57. The molecule has 2 aromatic carbocycles. The average Bonchev–Trinajstić information content (AvgIpc) is 2.66. The van der Waals surface area contributed by atoms with Gasteiger partial charge in [0.15, 0.2) is 11.5 Å². The second kappa shape index (κ2) is 11.9. The van der Waals surface area contributed by atoms with E-state index >= 15 is 0 Å². The summed E-state index contributed by atoms with van der Waals surface area (Å²) in [5.74, 6) is 0.915. The van der Waals surface area contributed by atoms with Crippen LogP contribution in [0.25, 0.3) is 0 Å². The predicted molar refractivity (Wildman–Crippen MR) is 108 cm³/mol. The molecular weight excluding hydrogens is 415 g/mol. The Morgan fingerprint density at radius 3 is 2.48 bits per heavy atom. The zero-order valence-electron chi connectivity index (χ0n) is 15.4. The van der Waals surface area contributed by atoms with Crippen molar-refractivity contribution in [3.05, 3.63) is 57.8 Å². The first-order valence-corrected chi connectivity index (χ1v) is 9.78. The summed E-state index contributed by atoms with van der Waals surface area (Å²) in [4.78, 5) is 0. The van der Waals surface area contributed by atoms with Crippen molar-refractivity contribution >= 4 is 15.9 Å². The number of halogens is 2. The molecule has 0 spiro atoms. The van der Waals surface area contributed by atoms with Crippen LogP contribution in [0.1, 0.15) is 18.1 Å². The first kappa shape index (κ1) is 21.6. The van der Waals surface area contributed by atoms with Gasteiger partial charge in [-0.1, -0.05) is 34.1 Å². The smallest absolute Gasteiger partial charge is 0.162 e. The van der Waals surface area contributed by atoms with Gasteiger partial charge in [-0.15, -0.1) is 0 Å². The molecule has 0 radical (unpaired) electrons. The van der Waals surface area contributed by atoms with Gasteiger partial charge in [-0.3, -0.25) is 0 Å². The minimum absolute atomic E-state index is 0.132. The van der Waals surface area contributed by atoms with Crippen molar-refractivity contribution in [2.24, 2.45) is 0 Å². The van der Waals surface area contributed by atoms with E-state index in [0.29, 0.717) is 36.8 Å². The molecule has 0 aromatic heterocycles. The Kier molecular flexibility index (Phi) is 9.55. The van der Waals surface area contributed by atoms with Crippen LogP contribution in [0.15, 0.2) is 40.9 Å². The molecule has 148 valence electrons. The number of hydrogen-bond donors (Lipinski definition) is 3. The van der Waals surface area contributed by atoms with Crippen LogP contribution < -0.4 is 20.1 Å². The fraction of sp³-hybridized carbons (Fsp3) is 0.400. The first-order chi connectivity index (χ1) is 13.2. The molecule has 0 aliphatic rings. The van der Waals surface area contributed by atoms with Crippen molar-refractivity contribution in [2.75, 3.05) is 32.8 Å². The second-order valence-corrected chi connectivity index (χ2v) is 6.71. The van der Waals surface area contributed by atoms with Gasteiger partial charge in [0.05, 0.1) is 13.2 Å². The van der Waals surface area contributed by atoms with Gasteiger partial charge < -0.3 is 25.2 Å². The molecule has 5 nitrogen and oxygen atoms in total. The van der Waals surface area contributed by atoms with E-state index in [1.807, 2.05) is 19.1 Å². The Morgan fingerprint density at radius 1 is 1.00 bits per heavy atom. The van der Waals surface area contributed by atoms with Crippen LogP contribution >= 0.6 is 15.9 Å². The monoisotopic (exact) mass is 440 g/mol. The van der Waals surface area contributed by atoms with E-state index in [9.17, 15) is 4.39 Å². The Bertz CT molecular complexity index is 716. The van der Waals surface area contributed by atoms with E-state index in [1.165, 1.54) is 6.07 Å². The minimum Gasteiger partial charge on any atom is -0.490 e. The lowest BCUT2D eigenvalue weighted by Crippen LogP contribution is -2.28. The number of aliphatic hydroxyl groups is 1. The zero-order valence-corrected chi connectivity index (χ0v) is 17.0. The summed E-state index contributed by atoms with van der Waals surface area (Å²) >= 11 is 3.57. The highest BCUT2D eigenvalue weighted by Gasteiger charge is 2.12. The molecule has 27 heavy (non-hydrogen) atoms. The molecular formula is C20H26BrFN2O3. The summed E-state index contributed by atoms with van der Waals surface area (Å²) in [6.07, 6.45) is 0. The van der Waals surface area contributed by atoms with Gasteiger partial charge in [-0.2, -0.15) is 0 Å². The molecule has 0 saturated heterocycles. The molecule has 0 heterocycles. The number of rotatable bonds is 12. The van der Waals surface area contributed by atoms with Crippen molar-refractivity contribution in [2.45, 2.75) is 20.1 Å². The lowest BCUT2D eigenvalue weighted by atomic mass is 10.2. The largest absolute Gasteiger partial charge is 0.490 e. The normalized spacial score (nSPS) is 10.8. The number of ether oxygens (including phenoxy) is 2. The van der Waals surface area contributed by atoms with E-state index < -0.39 is 0 Å². The predicted octanol–water partition coefficient (Wildman–Crippen LogP) is 3.24. The van der Waals surface area contributed by atoms with Gasteiger partial charge >= 0.3 is 0 Å². The molecule has 0 bridgehead atoms. The molecule has 7 heteroatoms. The van der Waals surface area contributed by atoms with Gasteiger partial charge in [0.25, 0.3) is 0 Å². The molecule has 0 fully saturated rings. The van der Waals surface area contributed by atoms with Gasteiger partial charge in [-0.05, 0) is 30.7 Å². The maximum Gasteiger partial charge on any atom is 0.162 e. The maximum atomic E-state index is 13.8. The summed E-state index contributed by atoms with van der Waals surface area (Å²) in [6, 6.07) is 10.3. The van der Waals surface area contributed by atoms with E-state index in [2.05, 4.69) is 26.6 Å². The molecule has 0 aliphatic heterocycles. The molecule has 0 saturated carbocycles. The fourth-order valence-corrected chi connectivity index (χ4v) is 2.93. The van der Waals surface area contributed by atoms with E-state index in [0.717, 1.165) is 23.1 Å². The van der Waals surface area contributed by atoms with Crippen LogP contribution in [0.4, 0.5) is 4.39 Å². The minimum atomic E-state index is -0.287. The highest BCUT2D eigenvalue weighted by molar-refractivity contribution is 9.10. The van der Waals surface area contributed by atoms with Gasteiger partial charge in [0.1, 0.15) is 12.4 Å². The van der Waals surface area contributed by atoms with Gasteiger partial charge in [-0.25, -0.2) is 4.39 Å². The van der Waals surface area contributed by atoms with Crippen molar-refractivity contribution in [1.82, 2.24) is 10.6 Å². The van der Waals surface area contributed by atoms with Crippen LogP contribution in [0, 0.1) is 5.82 Å². The average molecular weight is 441 g/mol. The lowest BCUT2D eigenvalue weighted by molar-refractivity contribution is 0.265. The summed E-state index contributed by atoms with van der Waals surface area (Å²) in [5, 5.41) is 15.2. The Hall–Kier alpha value is -1.67. The van der Waals surface area contributed by atoms with Crippen molar-refractivity contribution < 1.29 is 19.0 Å². The lowest BCUT2D eigenvalue weighted by Gasteiger charge is -2.16. The first-order valence-electron chi connectivity index (χ1n) is 8.99. The molecule has 0 unspecified atom stereocenters. The van der Waals surface area contributed by atoms with Crippen molar-refractivity contribution in [1.29, 1.82) is 0 Å². The number of hydrogen-bond acceptors (Lipinski definition) is 5. The van der Waals surface area contributed by atoms with E-state index in [1.54, 1.807) is 18.2 Å². The second-order valence-electron chi connectivity index (χ2n) is 5.85. The number of aliphatic hydroxyl groups excluding tert-OH is 1. The molecule has 2 rings (SSSR count). The van der Waals surface area contributed by atoms with Gasteiger partial charge in [0, 0.05) is 36.2 Å². The fourth-order valence-electron chi connectivity index (χ4n) is 2.47. The topological polar surface area (TPSA) is 62.8 Å². The molecule has 0 aliphatic carbocycles. The SMILES string of the molecule is CCOc1cc(CNCCNCCO)c(Br)cc1OCc1ccccc1F. The van der Waals surface area contributed by atoms with E-state index in [4.69, 9.17) is 14.6 Å². The molecule has 0 atom stereocenters. The third kappa shape index (κ3) is 7.10. The maximum absolute atomic E-state index is 13.8. The summed E-state index contributed by atoms with van der Waals surface area (Å²) in [5.41, 5.74) is 1.54. The number of benzene rings is 2. The highest BCUT2D eigenvalue weighted by Crippen LogP contribution is 2.34. The summed E-state index contributed by atoms with van der Waals surface area (Å²) < 4.78 is 26.2. The quantitative estimate of drug-likeness (QED) is 0.442. The zero-order chi connectivity index (χ0) is 19.5. The van der Waals surface area contributed by atoms with Crippen LogP contribution in [0.2, 0.25) is 0 Å². The van der Waals surface area contributed by atoms with E-state index in [-0.39, 0.29) is 19.0 Å². The van der Waals surface area contributed by atoms with Crippen LogP contribution in [0.3, 0.4) is 0 Å². The van der Waals surface area contributed by atoms with Crippen LogP contribution in [0.5, 0.6) is 11.5 Å². The molecule has 0 amide bonds. The van der Waals surface area contributed by atoms with Crippen molar-refractivity contribution in [3.63, 3.8) is 0 Å². The molecule has 2 aromatic rings. The van der Waals surface area contributed by atoms with Crippen LogP contribution in [-0.2, 0) is 13.2 Å². The Labute approximate surface area is 168 Å². The standard InChI is InChI=1S/C20H26BrFN2O3/c1-2-26-19-11-16(13-24-8-7-23-9-10-25)17(21)12-20(19)27-14-15-5-3-4-6-18(15)22/h3-6,11-12,23-25H,2,7-10,13-14H2,1H3. The summed E-state index contributed by atoms with van der Waals surface area (Å²) in [7, 11) is 0. The van der Waals surface area contributed by atoms with Crippen molar-refractivity contribution in [3.8, 4) is 11.5 Å². The third-order valence-electron chi connectivity index (χ3n) is 3.84. The van der Waals surface area contributed by atoms with Gasteiger partial charge in [0.2, 0.25) is 0 Å². The molecule has 3 N–H and O–H groups in total. The highest BCUT2D eigenvalue weighted by atomic mass is 79.9. The number of nitrogens with one attached hydrogen (secondary N) is 2. The Balaban J connectivity index is 2.00. The van der Waals surface area contributed by atoms with Crippen LogP contribution in [-0.4, -0.2) is 38.0 Å². The summed E-state index contributed by atoms with van der Waals surface area (Å²) in [6.45, 7) is 5.50. The Morgan fingerprint density at radius 2 is 1.74 bits per heavy atom.